The van der Waals surface area contributed by atoms with E-state index in [1.165, 1.54) is 12.1 Å². The number of sulfonamides is 1. The molecule has 0 atom stereocenters. The lowest BCUT2D eigenvalue weighted by Crippen LogP contribution is -2.36. The van der Waals surface area contributed by atoms with Gasteiger partial charge in [-0.2, -0.15) is 0 Å². The summed E-state index contributed by atoms with van der Waals surface area (Å²) in [5.41, 5.74) is 1.96. The summed E-state index contributed by atoms with van der Waals surface area (Å²) in [6.45, 7) is 0.640. The van der Waals surface area contributed by atoms with Crippen molar-refractivity contribution in [2.24, 2.45) is 5.92 Å². The molecule has 146 valence electrons. The Morgan fingerprint density at radius 2 is 1.86 bits per heavy atom. The Morgan fingerprint density at radius 3 is 2.50 bits per heavy atom. The molecule has 28 heavy (non-hydrogen) atoms. The van der Waals surface area contributed by atoms with Gasteiger partial charge in [0.15, 0.2) is 0 Å². The van der Waals surface area contributed by atoms with E-state index >= 15 is 0 Å². The summed E-state index contributed by atoms with van der Waals surface area (Å²) in [6.07, 6.45) is 3.56. The second kappa shape index (κ2) is 6.90. The van der Waals surface area contributed by atoms with Crippen molar-refractivity contribution < 1.29 is 18.1 Å². The number of nitrogens with zero attached hydrogens (tertiary/aromatic N) is 2. The predicted octanol–water partition coefficient (Wildman–Crippen LogP) is 3.08. The first-order chi connectivity index (χ1) is 13.3. The lowest BCUT2D eigenvalue weighted by Gasteiger charge is -2.30. The molecule has 1 N–H and O–H groups in total. The highest BCUT2D eigenvalue weighted by atomic mass is 32.2. The van der Waals surface area contributed by atoms with Crippen LogP contribution >= 0.6 is 0 Å². The molecule has 2 aromatic rings. The standard InChI is InChI=1S/C19H19N3O5S/c23-19(14-3-4-14)21-11-1-2-13-5-6-15(12-18(13)21)20-28(26,27)17-9-7-16(8-10-17)22(24)25/h5-10,12,14,20H,1-4,11H2. The van der Waals surface area contributed by atoms with E-state index in [2.05, 4.69) is 4.72 Å². The van der Waals surface area contributed by atoms with Gasteiger partial charge in [-0.1, -0.05) is 6.07 Å². The largest absolute Gasteiger partial charge is 0.312 e. The van der Waals surface area contributed by atoms with Gasteiger partial charge in [0.1, 0.15) is 0 Å². The molecule has 1 aliphatic carbocycles. The fourth-order valence-electron chi connectivity index (χ4n) is 3.38. The van der Waals surface area contributed by atoms with Crippen LogP contribution in [0.5, 0.6) is 0 Å². The highest BCUT2D eigenvalue weighted by Gasteiger charge is 2.35. The third-order valence-corrected chi connectivity index (χ3v) is 6.40. The van der Waals surface area contributed by atoms with E-state index in [9.17, 15) is 23.3 Å². The first-order valence-corrected chi connectivity index (χ1v) is 10.5. The fraction of sp³-hybridized carbons (Fsp3) is 0.316. The van der Waals surface area contributed by atoms with Crippen molar-refractivity contribution in [3.05, 3.63) is 58.1 Å². The van der Waals surface area contributed by atoms with Crippen LogP contribution in [0.25, 0.3) is 0 Å². The quantitative estimate of drug-likeness (QED) is 0.612. The zero-order chi connectivity index (χ0) is 19.9. The smallest absolute Gasteiger partial charge is 0.269 e. The van der Waals surface area contributed by atoms with Crippen molar-refractivity contribution in [1.29, 1.82) is 0 Å². The van der Waals surface area contributed by atoms with Crippen molar-refractivity contribution in [2.45, 2.75) is 30.6 Å². The third-order valence-electron chi connectivity index (χ3n) is 5.01. The van der Waals surface area contributed by atoms with Crippen LogP contribution in [-0.2, 0) is 21.2 Å². The van der Waals surface area contributed by atoms with Crippen LogP contribution in [0.15, 0.2) is 47.4 Å². The minimum Gasteiger partial charge on any atom is -0.312 e. The fourth-order valence-corrected chi connectivity index (χ4v) is 4.43. The van der Waals surface area contributed by atoms with Gasteiger partial charge in [-0.25, -0.2) is 8.42 Å². The number of benzene rings is 2. The van der Waals surface area contributed by atoms with E-state index in [1.807, 2.05) is 6.07 Å². The zero-order valence-electron chi connectivity index (χ0n) is 15.0. The number of non-ortho nitro benzene ring substituents is 1. The maximum Gasteiger partial charge on any atom is 0.269 e. The number of nitro benzene ring substituents is 1. The summed E-state index contributed by atoms with van der Waals surface area (Å²) in [4.78, 5) is 24.4. The summed E-state index contributed by atoms with van der Waals surface area (Å²) < 4.78 is 27.7. The second-order valence-corrected chi connectivity index (χ2v) is 8.75. The van der Waals surface area contributed by atoms with Crippen molar-refractivity contribution in [3.8, 4) is 0 Å². The van der Waals surface area contributed by atoms with Crippen molar-refractivity contribution in [1.82, 2.24) is 0 Å². The molecule has 1 amide bonds. The average molecular weight is 401 g/mol. The number of fused-ring (bicyclic) bond motifs is 1. The van der Waals surface area contributed by atoms with Crippen LogP contribution in [0.2, 0.25) is 0 Å². The third kappa shape index (κ3) is 3.57. The number of hydrogen-bond acceptors (Lipinski definition) is 5. The predicted molar refractivity (Wildman–Crippen MR) is 104 cm³/mol. The van der Waals surface area contributed by atoms with Crippen molar-refractivity contribution in [2.75, 3.05) is 16.2 Å². The number of amides is 1. The van der Waals surface area contributed by atoms with Gasteiger partial charge in [-0.3, -0.25) is 19.6 Å². The van der Waals surface area contributed by atoms with Gasteiger partial charge in [0.05, 0.1) is 15.5 Å². The summed E-state index contributed by atoms with van der Waals surface area (Å²) in [7, 11) is -3.90. The van der Waals surface area contributed by atoms with Crippen molar-refractivity contribution >= 4 is 33.0 Å². The van der Waals surface area contributed by atoms with Crippen LogP contribution in [0, 0.1) is 16.0 Å². The first-order valence-electron chi connectivity index (χ1n) is 9.07. The number of rotatable bonds is 5. The first kappa shape index (κ1) is 18.4. The molecule has 2 aliphatic rings. The molecule has 0 spiro atoms. The van der Waals surface area contributed by atoms with Gasteiger partial charge < -0.3 is 4.90 Å². The molecule has 0 aromatic heterocycles. The normalized spacial score (nSPS) is 16.4. The molecule has 0 bridgehead atoms. The molecule has 1 aliphatic heterocycles. The number of aryl methyl sites for hydroxylation is 1. The van der Waals surface area contributed by atoms with Crippen LogP contribution in [0.1, 0.15) is 24.8 Å². The maximum atomic E-state index is 12.6. The molecule has 0 unspecified atom stereocenters. The Kier molecular flexibility index (Phi) is 4.54. The molecular weight excluding hydrogens is 382 g/mol. The maximum absolute atomic E-state index is 12.6. The van der Waals surface area contributed by atoms with Gasteiger partial charge in [0.2, 0.25) is 5.91 Å². The van der Waals surface area contributed by atoms with E-state index < -0.39 is 14.9 Å². The van der Waals surface area contributed by atoms with E-state index in [-0.39, 0.29) is 22.4 Å². The molecule has 9 heteroatoms. The van der Waals surface area contributed by atoms with E-state index in [0.717, 1.165) is 49.1 Å². The summed E-state index contributed by atoms with van der Waals surface area (Å²) in [6, 6.07) is 9.90. The molecular formula is C19H19N3O5S. The molecule has 2 aromatic carbocycles. The van der Waals surface area contributed by atoms with Gasteiger partial charge >= 0.3 is 0 Å². The Bertz CT molecular complexity index is 1050. The summed E-state index contributed by atoms with van der Waals surface area (Å²) >= 11 is 0. The number of hydrogen-bond donors (Lipinski definition) is 1. The van der Waals surface area contributed by atoms with E-state index in [4.69, 9.17) is 0 Å². The number of carbonyl (C=O) groups is 1. The van der Waals surface area contributed by atoms with Gasteiger partial charge in [-0.15, -0.1) is 0 Å². The SMILES string of the molecule is O=C(C1CC1)N1CCCc2ccc(NS(=O)(=O)c3ccc([N+](=O)[O-])cc3)cc21. The highest BCUT2D eigenvalue weighted by molar-refractivity contribution is 7.92. The second-order valence-electron chi connectivity index (χ2n) is 7.07. The Morgan fingerprint density at radius 1 is 1.14 bits per heavy atom. The van der Waals surface area contributed by atoms with Crippen LogP contribution in [-0.4, -0.2) is 25.8 Å². The minimum absolute atomic E-state index is 0.0678. The van der Waals surface area contributed by atoms with Crippen LogP contribution < -0.4 is 9.62 Å². The van der Waals surface area contributed by atoms with Crippen molar-refractivity contribution in [3.63, 3.8) is 0 Å². The average Bonchev–Trinajstić information content (AvgIpc) is 3.52. The molecule has 8 nitrogen and oxygen atoms in total. The Balaban J connectivity index is 1.60. The molecule has 1 saturated carbocycles. The lowest BCUT2D eigenvalue weighted by molar-refractivity contribution is -0.384. The molecule has 1 heterocycles. The van der Waals surface area contributed by atoms with Gasteiger partial charge in [-0.05, 0) is 55.5 Å². The molecule has 4 rings (SSSR count). The lowest BCUT2D eigenvalue weighted by atomic mass is 10.0. The molecule has 1 fully saturated rings. The molecule has 0 saturated heterocycles. The van der Waals surface area contributed by atoms with Crippen LogP contribution in [0.4, 0.5) is 17.1 Å². The number of nitrogens with one attached hydrogen (secondary N) is 1. The van der Waals surface area contributed by atoms with Gasteiger partial charge in [0.25, 0.3) is 15.7 Å². The van der Waals surface area contributed by atoms with Crippen LogP contribution in [0.3, 0.4) is 0 Å². The zero-order valence-corrected chi connectivity index (χ0v) is 15.8. The topological polar surface area (TPSA) is 110 Å². The monoisotopic (exact) mass is 401 g/mol. The number of anilines is 2. The van der Waals surface area contributed by atoms with E-state index in [0.29, 0.717) is 12.2 Å². The highest BCUT2D eigenvalue weighted by Crippen LogP contribution is 2.37. The Hall–Kier alpha value is -2.94. The summed E-state index contributed by atoms with van der Waals surface area (Å²) in [5, 5.41) is 10.7. The van der Waals surface area contributed by atoms with Gasteiger partial charge in [0, 0.05) is 30.3 Å². The number of nitro groups is 1. The Labute approximate surface area is 162 Å². The number of carbonyl (C=O) groups excluding carboxylic acids is 1. The minimum atomic E-state index is -3.90. The summed E-state index contributed by atoms with van der Waals surface area (Å²) in [5.74, 6) is 0.197. The molecule has 0 radical (unpaired) electrons. The van der Waals surface area contributed by atoms with E-state index in [1.54, 1.807) is 17.0 Å².